The minimum Gasteiger partial charge on any atom is -0.488 e. The van der Waals surface area contributed by atoms with Gasteiger partial charge in [-0.15, -0.1) is 0 Å². The van der Waals surface area contributed by atoms with Gasteiger partial charge in [0, 0.05) is 30.1 Å². The highest BCUT2D eigenvalue weighted by Gasteiger charge is 2.36. The number of Topliss-reactive ketones (excluding diaryl/α,β-unsaturated/α-hetero) is 1. The molecule has 4 nitrogen and oxygen atoms in total. The van der Waals surface area contributed by atoms with E-state index in [1.165, 1.54) is 12.8 Å². The molecule has 1 saturated carbocycles. The van der Waals surface area contributed by atoms with Crippen LogP contribution in [-0.4, -0.2) is 18.4 Å². The van der Waals surface area contributed by atoms with Crippen molar-refractivity contribution in [3.63, 3.8) is 0 Å². The first kappa shape index (κ1) is 11.8. The van der Waals surface area contributed by atoms with E-state index in [-0.39, 0.29) is 5.78 Å². The van der Waals surface area contributed by atoms with Crippen molar-refractivity contribution >= 4 is 17.2 Å². The SMILES string of the molecule is Nc1ccc2c(c1)C1=C(OCC[C@H](C3CC3)N1)C(=O)C2. The molecule has 1 atom stereocenters. The van der Waals surface area contributed by atoms with E-state index in [4.69, 9.17) is 10.5 Å². The molecular weight excluding hydrogens is 252 g/mol. The van der Waals surface area contributed by atoms with Gasteiger partial charge in [0.15, 0.2) is 5.76 Å². The number of nitrogens with one attached hydrogen (secondary N) is 1. The highest BCUT2D eigenvalue weighted by Crippen LogP contribution is 2.38. The van der Waals surface area contributed by atoms with E-state index >= 15 is 0 Å². The van der Waals surface area contributed by atoms with Crippen LogP contribution in [0.1, 0.15) is 30.4 Å². The van der Waals surface area contributed by atoms with Crippen LogP contribution in [0.3, 0.4) is 0 Å². The lowest BCUT2D eigenvalue weighted by atomic mass is 9.91. The number of benzene rings is 1. The van der Waals surface area contributed by atoms with Gasteiger partial charge in [-0.3, -0.25) is 4.79 Å². The van der Waals surface area contributed by atoms with E-state index in [9.17, 15) is 4.79 Å². The third-order valence-electron chi connectivity index (χ3n) is 4.43. The molecule has 0 radical (unpaired) electrons. The molecule has 20 heavy (non-hydrogen) atoms. The van der Waals surface area contributed by atoms with E-state index in [0.717, 1.165) is 34.9 Å². The zero-order valence-corrected chi connectivity index (χ0v) is 11.3. The van der Waals surface area contributed by atoms with Gasteiger partial charge in [-0.25, -0.2) is 0 Å². The number of hydrogen-bond acceptors (Lipinski definition) is 4. The molecule has 104 valence electrons. The Kier molecular flexibility index (Phi) is 2.52. The number of nitrogen functional groups attached to an aromatic ring is 1. The summed E-state index contributed by atoms with van der Waals surface area (Å²) in [5.41, 5.74) is 9.56. The summed E-state index contributed by atoms with van der Waals surface area (Å²) in [5.74, 6) is 1.31. The maximum absolute atomic E-state index is 12.3. The van der Waals surface area contributed by atoms with E-state index in [1.54, 1.807) is 0 Å². The Morgan fingerprint density at radius 3 is 2.90 bits per heavy atom. The second-order valence-corrected chi connectivity index (χ2v) is 5.95. The standard InChI is InChI=1S/C16H18N2O2/c17-11-4-3-10-7-14(19)16-15(12(10)8-11)18-13(5-6-20-16)9-1-2-9/h3-4,8-9,13,18H,1-2,5-7,17H2/t13-/m1/s1. The third kappa shape index (κ3) is 1.87. The Balaban J connectivity index is 1.80. The minimum atomic E-state index is 0.0706. The van der Waals surface area contributed by atoms with Crippen LogP contribution in [0.4, 0.5) is 5.69 Å². The molecule has 2 aliphatic carbocycles. The Morgan fingerprint density at radius 1 is 1.25 bits per heavy atom. The summed E-state index contributed by atoms with van der Waals surface area (Å²) in [7, 11) is 0. The first-order valence-electron chi connectivity index (χ1n) is 7.28. The molecule has 0 saturated heterocycles. The van der Waals surface area contributed by atoms with Gasteiger partial charge in [-0.05, 0) is 36.5 Å². The lowest BCUT2D eigenvalue weighted by molar-refractivity contribution is -0.118. The van der Waals surface area contributed by atoms with Crippen molar-refractivity contribution in [1.29, 1.82) is 0 Å². The molecule has 0 amide bonds. The fraction of sp³-hybridized carbons (Fsp3) is 0.438. The molecule has 1 heterocycles. The molecule has 4 rings (SSSR count). The molecule has 1 aliphatic heterocycles. The first-order chi connectivity index (χ1) is 9.72. The Labute approximate surface area is 118 Å². The van der Waals surface area contributed by atoms with E-state index in [2.05, 4.69) is 5.32 Å². The molecule has 0 spiro atoms. The van der Waals surface area contributed by atoms with Crippen LogP contribution in [0.5, 0.6) is 0 Å². The average molecular weight is 270 g/mol. The zero-order chi connectivity index (χ0) is 13.7. The molecular formula is C16H18N2O2. The van der Waals surface area contributed by atoms with Gasteiger partial charge in [-0.2, -0.15) is 0 Å². The molecule has 4 heteroatoms. The van der Waals surface area contributed by atoms with Crippen molar-refractivity contribution in [2.45, 2.75) is 31.7 Å². The molecule has 0 bridgehead atoms. The number of rotatable bonds is 1. The number of carbonyl (C=O) groups excluding carboxylic acids is 1. The van der Waals surface area contributed by atoms with Crippen LogP contribution in [0.15, 0.2) is 24.0 Å². The van der Waals surface area contributed by atoms with Crippen molar-refractivity contribution in [3.05, 3.63) is 35.1 Å². The van der Waals surface area contributed by atoms with Crippen LogP contribution < -0.4 is 11.1 Å². The summed E-state index contributed by atoms with van der Waals surface area (Å²) >= 11 is 0. The molecule has 0 aromatic heterocycles. The van der Waals surface area contributed by atoms with Crippen molar-refractivity contribution in [2.75, 3.05) is 12.3 Å². The Hall–Kier alpha value is -1.97. The van der Waals surface area contributed by atoms with Crippen molar-refractivity contribution in [1.82, 2.24) is 5.32 Å². The Morgan fingerprint density at radius 2 is 2.10 bits per heavy atom. The minimum absolute atomic E-state index is 0.0706. The van der Waals surface area contributed by atoms with E-state index < -0.39 is 0 Å². The van der Waals surface area contributed by atoms with Gasteiger partial charge >= 0.3 is 0 Å². The van der Waals surface area contributed by atoms with Crippen molar-refractivity contribution < 1.29 is 9.53 Å². The predicted molar refractivity (Wildman–Crippen MR) is 76.7 cm³/mol. The summed E-state index contributed by atoms with van der Waals surface area (Å²) < 4.78 is 5.75. The first-order valence-corrected chi connectivity index (χ1v) is 7.28. The molecule has 1 aromatic carbocycles. The number of anilines is 1. The van der Waals surface area contributed by atoms with Gasteiger partial charge in [0.2, 0.25) is 5.78 Å². The number of ketones is 1. The molecule has 1 aromatic rings. The number of ether oxygens (including phenoxy) is 1. The van der Waals surface area contributed by atoms with Crippen molar-refractivity contribution in [2.24, 2.45) is 5.92 Å². The van der Waals surface area contributed by atoms with Gasteiger partial charge in [-0.1, -0.05) is 6.07 Å². The maximum atomic E-state index is 12.3. The maximum Gasteiger partial charge on any atom is 0.203 e. The monoisotopic (exact) mass is 270 g/mol. The Bertz CT molecular complexity index is 617. The molecule has 3 N–H and O–H groups in total. The predicted octanol–water partition coefficient (Wildman–Crippen LogP) is 1.85. The number of hydrogen-bond donors (Lipinski definition) is 2. The second-order valence-electron chi connectivity index (χ2n) is 5.95. The normalized spacial score (nSPS) is 25.2. The summed E-state index contributed by atoms with van der Waals surface area (Å²) in [6.45, 7) is 0.621. The highest BCUT2D eigenvalue weighted by molar-refractivity contribution is 6.05. The number of allylic oxidation sites excluding steroid dienone is 1. The summed E-state index contributed by atoms with van der Waals surface area (Å²) in [6, 6.07) is 6.17. The van der Waals surface area contributed by atoms with E-state index in [0.29, 0.717) is 24.8 Å². The van der Waals surface area contributed by atoms with Crippen LogP contribution in [-0.2, 0) is 16.0 Å². The topological polar surface area (TPSA) is 64.3 Å². The summed E-state index contributed by atoms with van der Waals surface area (Å²) in [4.78, 5) is 12.3. The lowest BCUT2D eigenvalue weighted by Crippen LogP contribution is -2.31. The zero-order valence-electron chi connectivity index (χ0n) is 11.3. The van der Waals surface area contributed by atoms with Gasteiger partial charge in [0.05, 0.1) is 12.3 Å². The van der Waals surface area contributed by atoms with E-state index in [1.807, 2.05) is 18.2 Å². The van der Waals surface area contributed by atoms with Crippen LogP contribution >= 0.6 is 0 Å². The van der Waals surface area contributed by atoms with Crippen LogP contribution in [0.2, 0.25) is 0 Å². The molecule has 3 aliphatic rings. The smallest absolute Gasteiger partial charge is 0.203 e. The average Bonchev–Trinajstić information content (AvgIpc) is 3.25. The van der Waals surface area contributed by atoms with Gasteiger partial charge < -0.3 is 15.8 Å². The fourth-order valence-electron chi connectivity index (χ4n) is 3.19. The summed E-state index contributed by atoms with van der Waals surface area (Å²) in [6.07, 6.45) is 3.92. The number of nitrogens with two attached hydrogens (primary N) is 1. The molecule has 0 unspecified atom stereocenters. The quantitative estimate of drug-likeness (QED) is 0.764. The second kappa shape index (κ2) is 4.27. The summed E-state index contributed by atoms with van der Waals surface area (Å²) in [5, 5.41) is 3.57. The van der Waals surface area contributed by atoms with Crippen LogP contribution in [0, 0.1) is 5.92 Å². The lowest BCUT2D eigenvalue weighted by Gasteiger charge is -2.24. The third-order valence-corrected chi connectivity index (χ3v) is 4.43. The highest BCUT2D eigenvalue weighted by atomic mass is 16.5. The fourth-order valence-corrected chi connectivity index (χ4v) is 3.19. The number of carbonyl (C=O) groups is 1. The van der Waals surface area contributed by atoms with Gasteiger partial charge in [0.25, 0.3) is 0 Å². The van der Waals surface area contributed by atoms with Crippen LogP contribution in [0.25, 0.3) is 5.70 Å². The largest absolute Gasteiger partial charge is 0.488 e. The van der Waals surface area contributed by atoms with Crippen molar-refractivity contribution in [3.8, 4) is 0 Å². The molecule has 1 fully saturated rings. The van der Waals surface area contributed by atoms with Gasteiger partial charge in [0.1, 0.15) is 0 Å². The number of fused-ring (bicyclic) bond motifs is 2.